The van der Waals surface area contributed by atoms with Gasteiger partial charge in [-0.05, 0) is 31.0 Å². The van der Waals surface area contributed by atoms with Gasteiger partial charge in [-0.15, -0.1) is 10.2 Å². The number of rotatable bonds is 2. The largest absolute Gasteiger partial charge is 0.339 e. The van der Waals surface area contributed by atoms with E-state index in [9.17, 15) is 13.6 Å². The number of amides is 1. The van der Waals surface area contributed by atoms with E-state index >= 15 is 0 Å². The quantitative estimate of drug-likeness (QED) is 0.713. The van der Waals surface area contributed by atoms with Crippen LogP contribution in [0.15, 0.2) is 24.5 Å². The molecule has 1 saturated heterocycles. The van der Waals surface area contributed by atoms with Crippen molar-refractivity contribution in [1.29, 1.82) is 0 Å². The second-order valence-electron chi connectivity index (χ2n) is 5.69. The van der Waals surface area contributed by atoms with Gasteiger partial charge in [-0.1, -0.05) is 11.3 Å². The highest BCUT2D eigenvalue weighted by Gasteiger charge is 2.27. The molecule has 3 aromatic rings. The summed E-state index contributed by atoms with van der Waals surface area (Å²) in [6, 6.07) is 3.25. The Morgan fingerprint density at radius 1 is 1.21 bits per heavy atom. The molecular weight excluding hydrogens is 336 g/mol. The van der Waals surface area contributed by atoms with Crippen LogP contribution in [0.5, 0.6) is 0 Å². The average Bonchev–Trinajstić information content (AvgIpc) is 3.19. The fourth-order valence-corrected chi connectivity index (χ4v) is 3.87. The van der Waals surface area contributed by atoms with Gasteiger partial charge in [0, 0.05) is 24.6 Å². The van der Waals surface area contributed by atoms with Gasteiger partial charge in [-0.3, -0.25) is 4.79 Å². The number of nitrogens with zero attached hydrogens (tertiary/aromatic N) is 5. The fraction of sp³-hybridized carbons (Fsp3) is 0.333. The van der Waals surface area contributed by atoms with Crippen LogP contribution in [0.4, 0.5) is 8.78 Å². The molecule has 1 amide bonds. The summed E-state index contributed by atoms with van der Waals surface area (Å²) in [5, 5.41) is 13.2. The van der Waals surface area contributed by atoms with Crippen molar-refractivity contribution < 1.29 is 13.6 Å². The number of fused-ring (bicyclic) bond motifs is 1. The predicted molar refractivity (Wildman–Crippen MR) is 82.9 cm³/mol. The molecule has 0 N–H and O–H groups in total. The molecule has 124 valence electrons. The van der Waals surface area contributed by atoms with Gasteiger partial charge in [0.15, 0.2) is 11.6 Å². The van der Waals surface area contributed by atoms with Crippen LogP contribution in [0.2, 0.25) is 0 Å². The van der Waals surface area contributed by atoms with Crippen LogP contribution in [0.25, 0.3) is 4.96 Å². The van der Waals surface area contributed by atoms with Crippen molar-refractivity contribution in [2.45, 2.75) is 18.8 Å². The van der Waals surface area contributed by atoms with Crippen LogP contribution in [0.1, 0.15) is 34.1 Å². The van der Waals surface area contributed by atoms with Crippen LogP contribution in [0.3, 0.4) is 0 Å². The first-order valence-electron chi connectivity index (χ1n) is 7.53. The van der Waals surface area contributed by atoms with Gasteiger partial charge in [0.05, 0.1) is 0 Å². The van der Waals surface area contributed by atoms with Crippen LogP contribution in [0, 0.1) is 11.6 Å². The minimum absolute atomic E-state index is 0.172. The van der Waals surface area contributed by atoms with Crippen molar-refractivity contribution >= 4 is 22.2 Å². The van der Waals surface area contributed by atoms with Crippen molar-refractivity contribution in [3.05, 3.63) is 46.7 Å². The Balaban J connectivity index is 1.44. The lowest BCUT2D eigenvalue weighted by atomic mass is 9.97. The SMILES string of the molecule is O=C(c1ccc(F)c(F)c1)N1CCC(c2nn3cnnc3s2)CC1. The Bertz CT molecular complexity index is 872. The summed E-state index contributed by atoms with van der Waals surface area (Å²) in [5.41, 5.74) is 0.172. The van der Waals surface area contributed by atoms with E-state index in [2.05, 4.69) is 15.3 Å². The van der Waals surface area contributed by atoms with Crippen LogP contribution in [-0.4, -0.2) is 43.7 Å². The number of piperidine rings is 1. The summed E-state index contributed by atoms with van der Waals surface area (Å²) < 4.78 is 27.9. The second kappa shape index (κ2) is 5.90. The molecule has 9 heteroatoms. The molecule has 4 rings (SSSR count). The lowest BCUT2D eigenvalue weighted by Gasteiger charge is -2.31. The van der Waals surface area contributed by atoms with E-state index in [1.807, 2.05) is 0 Å². The highest BCUT2D eigenvalue weighted by molar-refractivity contribution is 7.16. The molecule has 1 aromatic carbocycles. The summed E-state index contributed by atoms with van der Waals surface area (Å²) in [6.45, 7) is 1.12. The third-order valence-electron chi connectivity index (χ3n) is 4.20. The smallest absolute Gasteiger partial charge is 0.253 e. The topological polar surface area (TPSA) is 63.4 Å². The van der Waals surface area contributed by atoms with E-state index in [0.717, 1.165) is 34.9 Å². The van der Waals surface area contributed by atoms with Gasteiger partial charge in [-0.25, -0.2) is 8.78 Å². The number of hydrogen-bond donors (Lipinski definition) is 0. The maximum atomic E-state index is 13.3. The van der Waals surface area contributed by atoms with Crippen molar-refractivity contribution in [2.75, 3.05) is 13.1 Å². The van der Waals surface area contributed by atoms with Gasteiger partial charge in [0.1, 0.15) is 11.3 Å². The third-order valence-corrected chi connectivity index (χ3v) is 5.28. The fourth-order valence-electron chi connectivity index (χ4n) is 2.88. The number of carbonyl (C=O) groups excluding carboxylic acids is 1. The molecular formula is C15H13F2N5OS. The summed E-state index contributed by atoms with van der Waals surface area (Å²) in [7, 11) is 0. The highest BCUT2D eigenvalue weighted by atomic mass is 32.1. The maximum absolute atomic E-state index is 13.3. The molecule has 3 heterocycles. The summed E-state index contributed by atoms with van der Waals surface area (Å²) >= 11 is 1.50. The van der Waals surface area contributed by atoms with Gasteiger partial charge in [0.2, 0.25) is 4.96 Å². The van der Waals surface area contributed by atoms with E-state index in [1.165, 1.54) is 17.4 Å². The number of carbonyl (C=O) groups is 1. The zero-order valence-corrected chi connectivity index (χ0v) is 13.3. The Kier molecular flexibility index (Phi) is 3.72. The van der Waals surface area contributed by atoms with Crippen molar-refractivity contribution in [2.24, 2.45) is 0 Å². The Hall–Kier alpha value is -2.42. The normalized spacial score (nSPS) is 16.0. The van der Waals surface area contributed by atoms with E-state index < -0.39 is 11.6 Å². The predicted octanol–water partition coefficient (Wildman–Crippen LogP) is 2.48. The summed E-state index contributed by atoms with van der Waals surface area (Å²) in [6.07, 6.45) is 3.12. The first-order chi connectivity index (χ1) is 11.6. The zero-order valence-electron chi connectivity index (χ0n) is 12.5. The molecule has 0 saturated carbocycles. The average molecular weight is 349 g/mol. The van der Waals surface area contributed by atoms with Crippen LogP contribution >= 0.6 is 11.3 Å². The second-order valence-corrected chi connectivity index (χ2v) is 6.68. The van der Waals surface area contributed by atoms with Gasteiger partial charge < -0.3 is 4.90 Å². The molecule has 2 aromatic heterocycles. The summed E-state index contributed by atoms with van der Waals surface area (Å²) in [4.78, 5) is 14.8. The van der Waals surface area contributed by atoms with Gasteiger partial charge in [0.25, 0.3) is 5.91 Å². The molecule has 0 radical (unpaired) electrons. The molecule has 0 unspecified atom stereocenters. The lowest BCUT2D eigenvalue weighted by Crippen LogP contribution is -2.38. The minimum atomic E-state index is -1.00. The minimum Gasteiger partial charge on any atom is -0.339 e. The standard InChI is InChI=1S/C15H13F2N5OS/c16-11-2-1-10(7-12(11)17)14(23)21-5-3-9(4-6-21)13-20-22-8-18-19-15(22)24-13/h1-2,7-9H,3-6H2. The molecule has 24 heavy (non-hydrogen) atoms. The molecule has 0 aliphatic carbocycles. The Morgan fingerprint density at radius 2 is 2.00 bits per heavy atom. The van der Waals surface area contributed by atoms with Gasteiger partial charge in [-0.2, -0.15) is 9.61 Å². The Morgan fingerprint density at radius 3 is 2.71 bits per heavy atom. The molecule has 1 aliphatic heterocycles. The van der Waals surface area contributed by atoms with E-state index in [0.29, 0.717) is 13.1 Å². The first-order valence-corrected chi connectivity index (χ1v) is 8.34. The number of aromatic nitrogens is 4. The molecule has 1 fully saturated rings. The van der Waals surface area contributed by atoms with Crippen LogP contribution in [-0.2, 0) is 0 Å². The van der Waals surface area contributed by atoms with E-state index in [4.69, 9.17) is 0 Å². The summed E-state index contributed by atoms with van der Waals surface area (Å²) in [5.74, 6) is -1.96. The van der Waals surface area contributed by atoms with Gasteiger partial charge >= 0.3 is 0 Å². The number of likely N-dealkylation sites (tertiary alicyclic amines) is 1. The van der Waals surface area contributed by atoms with E-state index in [1.54, 1.807) is 15.7 Å². The number of halogens is 2. The highest BCUT2D eigenvalue weighted by Crippen LogP contribution is 2.31. The molecule has 6 nitrogen and oxygen atoms in total. The van der Waals surface area contributed by atoms with Crippen molar-refractivity contribution in [3.8, 4) is 0 Å². The van der Waals surface area contributed by atoms with E-state index in [-0.39, 0.29) is 17.4 Å². The molecule has 0 bridgehead atoms. The molecule has 0 spiro atoms. The first kappa shape index (κ1) is 15.1. The Labute approximate surface area is 139 Å². The molecule has 1 aliphatic rings. The number of benzene rings is 1. The van der Waals surface area contributed by atoms with Crippen molar-refractivity contribution in [1.82, 2.24) is 24.7 Å². The maximum Gasteiger partial charge on any atom is 0.253 e. The molecule has 0 atom stereocenters. The number of hydrogen-bond acceptors (Lipinski definition) is 5. The van der Waals surface area contributed by atoms with Crippen molar-refractivity contribution in [3.63, 3.8) is 0 Å². The zero-order chi connectivity index (χ0) is 16.7. The monoisotopic (exact) mass is 349 g/mol. The third kappa shape index (κ3) is 2.64. The van der Waals surface area contributed by atoms with Crippen LogP contribution < -0.4 is 0 Å². The lowest BCUT2D eigenvalue weighted by molar-refractivity contribution is 0.0712.